The van der Waals surface area contributed by atoms with Crippen LogP contribution in [0.4, 0.5) is 4.39 Å². The van der Waals surface area contributed by atoms with Gasteiger partial charge in [-0.15, -0.1) is 0 Å². The van der Waals surface area contributed by atoms with Crippen molar-refractivity contribution in [1.82, 2.24) is 9.88 Å². The number of ether oxygens (including phenoxy) is 1. The zero-order valence-corrected chi connectivity index (χ0v) is 12.9. The third kappa shape index (κ3) is 2.80. The average Bonchev–Trinajstić information content (AvgIpc) is 2.95. The summed E-state index contributed by atoms with van der Waals surface area (Å²) in [6.45, 7) is 2.40. The molecule has 0 amide bonds. The molecule has 118 valence electrons. The molecule has 0 saturated carbocycles. The normalized spacial score (nSPS) is 14.9. The molecule has 0 spiro atoms. The van der Waals surface area contributed by atoms with E-state index in [0.29, 0.717) is 23.5 Å². The molecule has 4 nitrogen and oxygen atoms in total. The number of aromatic nitrogens is 1. The van der Waals surface area contributed by atoms with E-state index < -0.39 is 0 Å². The van der Waals surface area contributed by atoms with Gasteiger partial charge in [0.25, 0.3) is 0 Å². The fourth-order valence-corrected chi connectivity index (χ4v) is 3.06. The molecule has 4 rings (SSSR count). The third-order valence-corrected chi connectivity index (χ3v) is 4.26. The summed E-state index contributed by atoms with van der Waals surface area (Å²) in [5, 5.41) is 0. The number of nitrogens with zero attached hydrogens (tertiary/aromatic N) is 2. The molecule has 0 radical (unpaired) electrons. The molecule has 0 fully saturated rings. The Hall–Kier alpha value is -2.40. The Kier molecular flexibility index (Phi) is 3.50. The molecule has 1 aliphatic rings. The fraction of sp³-hybridized carbons (Fsp3) is 0.278. The summed E-state index contributed by atoms with van der Waals surface area (Å²) in [6.07, 6.45) is 0.994. The van der Waals surface area contributed by atoms with Crippen molar-refractivity contribution in [1.29, 1.82) is 0 Å². The maximum atomic E-state index is 13.2. The van der Waals surface area contributed by atoms with Gasteiger partial charge in [0.15, 0.2) is 5.58 Å². The predicted molar refractivity (Wildman–Crippen MR) is 84.8 cm³/mol. The number of rotatable bonds is 3. The lowest BCUT2D eigenvalue weighted by molar-refractivity contribution is 0.223. The smallest absolute Gasteiger partial charge is 0.209 e. The van der Waals surface area contributed by atoms with Crippen molar-refractivity contribution in [2.75, 3.05) is 13.7 Å². The molecular weight excluding hydrogens is 295 g/mol. The molecule has 2 aromatic carbocycles. The van der Waals surface area contributed by atoms with Crippen molar-refractivity contribution >= 4 is 11.1 Å². The molecule has 1 aromatic heterocycles. The summed E-state index contributed by atoms with van der Waals surface area (Å²) in [5.74, 6) is 1.20. The van der Waals surface area contributed by atoms with Gasteiger partial charge >= 0.3 is 0 Å². The summed E-state index contributed by atoms with van der Waals surface area (Å²) in [4.78, 5) is 6.66. The minimum atomic E-state index is -0.295. The standard InChI is InChI=1S/C18H17FN2O2/c1-22-15-4-2-12-6-7-21(10-13(12)8-15)11-18-20-16-9-14(19)3-5-17(16)23-18/h2-5,8-9H,6-7,10-11H2,1H3. The second kappa shape index (κ2) is 5.66. The fourth-order valence-electron chi connectivity index (χ4n) is 3.06. The quantitative estimate of drug-likeness (QED) is 0.741. The van der Waals surface area contributed by atoms with Gasteiger partial charge in [0.05, 0.1) is 13.7 Å². The highest BCUT2D eigenvalue weighted by Crippen LogP contribution is 2.25. The molecule has 0 N–H and O–H groups in total. The maximum absolute atomic E-state index is 13.2. The van der Waals surface area contributed by atoms with E-state index in [1.54, 1.807) is 13.2 Å². The Labute approximate surface area is 133 Å². The lowest BCUT2D eigenvalue weighted by Crippen LogP contribution is -2.30. The second-order valence-electron chi connectivity index (χ2n) is 5.81. The summed E-state index contributed by atoms with van der Waals surface area (Å²) < 4.78 is 24.3. The van der Waals surface area contributed by atoms with Crippen molar-refractivity contribution < 1.29 is 13.5 Å². The number of hydrogen-bond donors (Lipinski definition) is 0. The number of methoxy groups -OCH3 is 1. The highest BCUT2D eigenvalue weighted by atomic mass is 19.1. The Morgan fingerprint density at radius 3 is 3.00 bits per heavy atom. The summed E-state index contributed by atoms with van der Waals surface area (Å²) in [5.41, 5.74) is 3.83. The Balaban J connectivity index is 1.54. The van der Waals surface area contributed by atoms with E-state index in [1.807, 2.05) is 6.07 Å². The maximum Gasteiger partial charge on any atom is 0.209 e. The minimum absolute atomic E-state index is 0.295. The Bertz CT molecular complexity index is 859. The van der Waals surface area contributed by atoms with Gasteiger partial charge in [-0.1, -0.05) is 6.07 Å². The summed E-state index contributed by atoms with van der Waals surface area (Å²) >= 11 is 0. The SMILES string of the molecule is COc1ccc2c(c1)CN(Cc1nc3cc(F)ccc3o1)CC2. The van der Waals surface area contributed by atoms with E-state index >= 15 is 0 Å². The summed E-state index contributed by atoms with van der Waals surface area (Å²) in [7, 11) is 1.68. The molecule has 0 aliphatic carbocycles. The van der Waals surface area contributed by atoms with Crippen LogP contribution in [0.5, 0.6) is 5.75 Å². The first-order valence-corrected chi connectivity index (χ1v) is 7.64. The molecule has 0 bridgehead atoms. The van der Waals surface area contributed by atoms with Crippen LogP contribution >= 0.6 is 0 Å². The molecule has 23 heavy (non-hydrogen) atoms. The Morgan fingerprint density at radius 2 is 2.13 bits per heavy atom. The third-order valence-electron chi connectivity index (χ3n) is 4.26. The first-order valence-electron chi connectivity index (χ1n) is 7.64. The second-order valence-corrected chi connectivity index (χ2v) is 5.81. The van der Waals surface area contributed by atoms with Gasteiger partial charge in [0.2, 0.25) is 5.89 Å². The van der Waals surface area contributed by atoms with E-state index in [9.17, 15) is 4.39 Å². The van der Waals surface area contributed by atoms with Crippen LogP contribution in [0.15, 0.2) is 40.8 Å². The highest BCUT2D eigenvalue weighted by molar-refractivity contribution is 5.72. The zero-order valence-electron chi connectivity index (χ0n) is 12.9. The number of oxazole rings is 1. The van der Waals surface area contributed by atoms with Crippen molar-refractivity contribution in [2.24, 2.45) is 0 Å². The van der Waals surface area contributed by atoms with E-state index in [-0.39, 0.29) is 5.82 Å². The van der Waals surface area contributed by atoms with Crippen LogP contribution in [0.25, 0.3) is 11.1 Å². The molecular formula is C18H17FN2O2. The first-order chi connectivity index (χ1) is 11.2. The number of fused-ring (bicyclic) bond motifs is 2. The molecule has 1 aliphatic heterocycles. The van der Waals surface area contributed by atoms with Gasteiger partial charge in [0, 0.05) is 19.2 Å². The van der Waals surface area contributed by atoms with Crippen molar-refractivity contribution in [3.05, 3.63) is 59.2 Å². The van der Waals surface area contributed by atoms with E-state index in [2.05, 4.69) is 22.0 Å². The summed E-state index contributed by atoms with van der Waals surface area (Å²) in [6, 6.07) is 10.6. The predicted octanol–water partition coefficient (Wildman–Crippen LogP) is 3.53. The highest BCUT2D eigenvalue weighted by Gasteiger charge is 2.19. The minimum Gasteiger partial charge on any atom is -0.497 e. The Morgan fingerprint density at radius 1 is 1.22 bits per heavy atom. The lowest BCUT2D eigenvalue weighted by atomic mass is 9.99. The largest absolute Gasteiger partial charge is 0.497 e. The monoisotopic (exact) mass is 312 g/mol. The first kappa shape index (κ1) is 14.2. The molecule has 5 heteroatoms. The van der Waals surface area contributed by atoms with Crippen molar-refractivity contribution in [3.8, 4) is 5.75 Å². The topological polar surface area (TPSA) is 38.5 Å². The van der Waals surface area contributed by atoms with Crippen LogP contribution in [-0.4, -0.2) is 23.5 Å². The zero-order chi connectivity index (χ0) is 15.8. The number of halogens is 1. The van der Waals surface area contributed by atoms with E-state index in [1.165, 1.54) is 23.3 Å². The average molecular weight is 312 g/mol. The molecule has 3 aromatic rings. The van der Waals surface area contributed by atoms with Gasteiger partial charge in [-0.05, 0) is 41.8 Å². The van der Waals surface area contributed by atoms with Gasteiger partial charge in [-0.2, -0.15) is 0 Å². The van der Waals surface area contributed by atoms with Crippen LogP contribution in [0.1, 0.15) is 17.0 Å². The molecule has 0 atom stereocenters. The van der Waals surface area contributed by atoms with Crippen molar-refractivity contribution in [2.45, 2.75) is 19.5 Å². The number of benzene rings is 2. The lowest BCUT2D eigenvalue weighted by Gasteiger charge is -2.27. The van der Waals surface area contributed by atoms with Gasteiger partial charge < -0.3 is 9.15 Å². The molecule has 2 heterocycles. The van der Waals surface area contributed by atoms with E-state index in [4.69, 9.17) is 9.15 Å². The van der Waals surface area contributed by atoms with Crippen LogP contribution in [0.3, 0.4) is 0 Å². The molecule has 0 saturated heterocycles. The van der Waals surface area contributed by atoms with Crippen LogP contribution in [-0.2, 0) is 19.5 Å². The number of hydrogen-bond acceptors (Lipinski definition) is 4. The molecule has 0 unspecified atom stereocenters. The van der Waals surface area contributed by atoms with Crippen LogP contribution in [0, 0.1) is 5.82 Å². The van der Waals surface area contributed by atoms with Crippen LogP contribution < -0.4 is 4.74 Å². The van der Waals surface area contributed by atoms with Gasteiger partial charge in [-0.3, -0.25) is 4.90 Å². The van der Waals surface area contributed by atoms with Gasteiger partial charge in [-0.25, -0.2) is 9.37 Å². The van der Waals surface area contributed by atoms with E-state index in [0.717, 1.165) is 25.3 Å². The van der Waals surface area contributed by atoms with Crippen molar-refractivity contribution in [3.63, 3.8) is 0 Å². The van der Waals surface area contributed by atoms with Crippen LogP contribution in [0.2, 0.25) is 0 Å². The van der Waals surface area contributed by atoms with Gasteiger partial charge in [0.1, 0.15) is 17.1 Å².